The first kappa shape index (κ1) is 11.1. The van der Waals surface area contributed by atoms with Crippen LogP contribution in [0.2, 0.25) is 0 Å². The molecule has 1 aromatic rings. The van der Waals surface area contributed by atoms with E-state index in [2.05, 4.69) is 36.1 Å². The summed E-state index contributed by atoms with van der Waals surface area (Å²) >= 11 is 1.60. The maximum Gasteiger partial charge on any atom is 0.0306 e. The van der Waals surface area contributed by atoms with Crippen LogP contribution in [-0.2, 0) is 0 Å². The molecule has 1 rings (SSSR count). The van der Waals surface area contributed by atoms with Crippen molar-refractivity contribution in [2.75, 3.05) is 7.05 Å². The largest absolute Gasteiger partial charge is 0.263 e. The maximum absolute atomic E-state index is 3.93. The van der Waals surface area contributed by atoms with Crippen LogP contribution in [-0.4, -0.2) is 7.05 Å². The Hall–Kier alpha value is -0.990. The third kappa shape index (κ3) is 2.50. The van der Waals surface area contributed by atoms with E-state index in [1.807, 2.05) is 20.0 Å². The lowest BCUT2D eigenvalue weighted by Crippen LogP contribution is -1.93. The first-order valence-electron chi connectivity index (χ1n) is 4.45. The van der Waals surface area contributed by atoms with Crippen molar-refractivity contribution in [2.24, 2.45) is 0 Å². The number of rotatable bonds is 4. The van der Waals surface area contributed by atoms with E-state index in [1.165, 1.54) is 10.5 Å². The van der Waals surface area contributed by atoms with Gasteiger partial charge in [-0.25, -0.2) is 0 Å². The van der Waals surface area contributed by atoms with Crippen LogP contribution in [0, 0.1) is 0 Å². The van der Waals surface area contributed by atoms with Crippen LogP contribution in [0.4, 0.5) is 0 Å². The highest BCUT2D eigenvalue weighted by molar-refractivity contribution is 7.97. The van der Waals surface area contributed by atoms with Gasteiger partial charge in [0, 0.05) is 4.90 Å². The van der Waals surface area contributed by atoms with Crippen LogP contribution < -0.4 is 4.72 Å². The predicted octanol–water partition coefficient (Wildman–Crippen LogP) is 3.59. The minimum atomic E-state index is 1.08. The van der Waals surface area contributed by atoms with Gasteiger partial charge in [-0.2, -0.15) is 0 Å². The standard InChI is InChI=1S/C12H15NS/c1-5-10-6-7-11(9(2)3)8-12(10)14-13-4/h5-8,13H,1-2H2,3-4H3. The van der Waals surface area contributed by atoms with Crippen molar-refractivity contribution in [1.82, 2.24) is 4.72 Å². The molecule has 0 aliphatic carbocycles. The molecule has 0 saturated carbocycles. The van der Waals surface area contributed by atoms with Gasteiger partial charge in [0.15, 0.2) is 0 Å². The van der Waals surface area contributed by atoms with E-state index in [0.29, 0.717) is 0 Å². The lowest BCUT2D eigenvalue weighted by atomic mass is 10.1. The fourth-order valence-electron chi connectivity index (χ4n) is 1.17. The van der Waals surface area contributed by atoms with E-state index >= 15 is 0 Å². The fraction of sp³-hybridized carbons (Fsp3) is 0.167. The van der Waals surface area contributed by atoms with Crippen molar-refractivity contribution in [1.29, 1.82) is 0 Å². The minimum absolute atomic E-state index is 1.08. The number of nitrogens with one attached hydrogen (secondary N) is 1. The highest BCUT2D eigenvalue weighted by atomic mass is 32.2. The molecule has 0 aromatic heterocycles. The number of allylic oxidation sites excluding steroid dienone is 1. The van der Waals surface area contributed by atoms with Crippen molar-refractivity contribution < 1.29 is 0 Å². The summed E-state index contributed by atoms with van der Waals surface area (Å²) in [6.45, 7) is 9.72. The second-order valence-corrected chi connectivity index (χ2v) is 4.10. The molecule has 0 bridgehead atoms. The predicted molar refractivity (Wildman–Crippen MR) is 66.2 cm³/mol. The summed E-state index contributed by atoms with van der Waals surface area (Å²) in [6, 6.07) is 6.26. The Bertz CT molecular complexity index is 355. The minimum Gasteiger partial charge on any atom is -0.263 e. The van der Waals surface area contributed by atoms with Crippen molar-refractivity contribution in [2.45, 2.75) is 11.8 Å². The van der Waals surface area contributed by atoms with Gasteiger partial charge in [-0.05, 0) is 43.1 Å². The molecule has 0 atom stereocenters. The van der Waals surface area contributed by atoms with Gasteiger partial charge < -0.3 is 0 Å². The zero-order valence-electron chi connectivity index (χ0n) is 8.63. The molecule has 0 fully saturated rings. The van der Waals surface area contributed by atoms with Crippen molar-refractivity contribution >= 4 is 23.6 Å². The summed E-state index contributed by atoms with van der Waals surface area (Å²) < 4.78 is 3.06. The molecule has 0 aliphatic rings. The number of benzene rings is 1. The second-order valence-electron chi connectivity index (χ2n) is 3.04. The van der Waals surface area contributed by atoms with Gasteiger partial charge in [0.1, 0.15) is 0 Å². The Labute approximate surface area is 90.1 Å². The molecule has 14 heavy (non-hydrogen) atoms. The molecular formula is C12H15NS. The van der Waals surface area contributed by atoms with Crippen molar-refractivity contribution in [3.05, 3.63) is 42.5 Å². The smallest absolute Gasteiger partial charge is 0.0306 e. The Morgan fingerprint density at radius 1 is 1.50 bits per heavy atom. The zero-order valence-corrected chi connectivity index (χ0v) is 9.45. The van der Waals surface area contributed by atoms with E-state index in [1.54, 1.807) is 11.9 Å². The summed E-state index contributed by atoms with van der Waals surface area (Å²) in [5.74, 6) is 0. The van der Waals surface area contributed by atoms with Crippen LogP contribution >= 0.6 is 11.9 Å². The number of hydrogen-bond acceptors (Lipinski definition) is 2. The van der Waals surface area contributed by atoms with Gasteiger partial charge in [-0.1, -0.05) is 36.9 Å². The summed E-state index contributed by atoms with van der Waals surface area (Å²) in [4.78, 5) is 1.18. The topological polar surface area (TPSA) is 12.0 Å². The van der Waals surface area contributed by atoms with Gasteiger partial charge in [0.05, 0.1) is 0 Å². The maximum atomic E-state index is 3.93. The Morgan fingerprint density at radius 2 is 2.21 bits per heavy atom. The number of hydrogen-bond donors (Lipinski definition) is 1. The summed E-state index contributed by atoms with van der Waals surface area (Å²) in [6.07, 6.45) is 1.86. The summed E-state index contributed by atoms with van der Waals surface area (Å²) in [7, 11) is 1.91. The molecule has 0 radical (unpaired) electrons. The zero-order chi connectivity index (χ0) is 10.6. The van der Waals surface area contributed by atoms with Crippen molar-refractivity contribution in [3.63, 3.8) is 0 Å². The quantitative estimate of drug-likeness (QED) is 0.754. The molecule has 1 nitrogen and oxygen atoms in total. The molecular weight excluding hydrogens is 190 g/mol. The average Bonchev–Trinajstić information content (AvgIpc) is 2.18. The molecule has 1 N–H and O–H groups in total. The molecule has 74 valence electrons. The Balaban J connectivity index is 3.13. The Morgan fingerprint density at radius 3 is 2.71 bits per heavy atom. The van der Waals surface area contributed by atoms with Crippen molar-refractivity contribution in [3.8, 4) is 0 Å². The van der Waals surface area contributed by atoms with Gasteiger partial charge >= 0.3 is 0 Å². The SMILES string of the molecule is C=Cc1ccc(C(=C)C)cc1SNC. The van der Waals surface area contributed by atoms with E-state index in [4.69, 9.17) is 0 Å². The van der Waals surface area contributed by atoms with Crippen LogP contribution in [0.5, 0.6) is 0 Å². The molecule has 0 amide bonds. The highest BCUT2D eigenvalue weighted by Gasteiger charge is 2.01. The molecule has 0 aliphatic heterocycles. The van der Waals surface area contributed by atoms with E-state index in [-0.39, 0.29) is 0 Å². The molecule has 0 heterocycles. The second kappa shape index (κ2) is 5.03. The van der Waals surface area contributed by atoms with Crippen LogP contribution in [0.25, 0.3) is 11.6 Å². The lowest BCUT2D eigenvalue weighted by Gasteiger charge is -2.07. The van der Waals surface area contributed by atoms with Crippen LogP contribution in [0.3, 0.4) is 0 Å². The third-order valence-electron chi connectivity index (χ3n) is 1.94. The molecule has 0 spiro atoms. The fourth-order valence-corrected chi connectivity index (χ4v) is 1.84. The average molecular weight is 205 g/mol. The lowest BCUT2D eigenvalue weighted by molar-refractivity contribution is 1.27. The van der Waals surface area contributed by atoms with E-state index in [9.17, 15) is 0 Å². The monoisotopic (exact) mass is 205 g/mol. The van der Waals surface area contributed by atoms with Crippen LogP contribution in [0.15, 0.2) is 36.3 Å². The van der Waals surface area contributed by atoms with E-state index < -0.39 is 0 Å². The molecule has 0 saturated heterocycles. The van der Waals surface area contributed by atoms with Gasteiger partial charge in [-0.15, -0.1) is 0 Å². The third-order valence-corrected chi connectivity index (χ3v) is 2.72. The normalized spacial score (nSPS) is 9.86. The molecule has 1 aromatic carbocycles. The first-order chi connectivity index (χ1) is 6.69. The summed E-state index contributed by atoms with van der Waals surface area (Å²) in [5.41, 5.74) is 3.40. The van der Waals surface area contributed by atoms with Gasteiger partial charge in [-0.3, -0.25) is 4.72 Å². The molecule has 0 unspecified atom stereocenters. The molecule has 2 heteroatoms. The van der Waals surface area contributed by atoms with Gasteiger partial charge in [0.25, 0.3) is 0 Å². The highest BCUT2D eigenvalue weighted by Crippen LogP contribution is 2.25. The first-order valence-corrected chi connectivity index (χ1v) is 5.26. The van der Waals surface area contributed by atoms with Gasteiger partial charge in [0.2, 0.25) is 0 Å². The van der Waals surface area contributed by atoms with E-state index in [0.717, 1.165) is 11.1 Å². The van der Waals surface area contributed by atoms with Crippen LogP contribution in [0.1, 0.15) is 18.1 Å². The summed E-state index contributed by atoms with van der Waals surface area (Å²) in [5, 5.41) is 0. The Kier molecular flexibility index (Phi) is 3.98.